The monoisotopic (exact) mass is 848 g/mol. The Hall–Kier alpha value is -5.98. The summed E-state index contributed by atoms with van der Waals surface area (Å²) in [4.78, 5) is 46.7. The standard InChI is InChI=1S/C42H47BF5N9O4/c44-42(45,46)40-37(24-52-54-41(40)60)56-25-28-7-12-34(22-29(28)26-56)61-33-15-20-55(21-16-33)27-39(59)51-18-4-2-1-3-17-50-38(58)14-10-30-8-9-31(53-30)23-32-11-13-36(57(32)43(47)48)35-6-5-19-49-35/h5-9,11-13,19,22-24,33H,1-4,10,14-18,20-21,25-27H2,(H4,49,50,51,53,54,58,59,60)/p+1. The molecule has 3 aliphatic heterocycles. The predicted octanol–water partition coefficient (Wildman–Crippen LogP) is 5.57. The van der Waals surface area contributed by atoms with Gasteiger partial charge in [0, 0.05) is 81.5 Å². The van der Waals surface area contributed by atoms with Gasteiger partial charge in [0.05, 0.1) is 18.4 Å². The maximum Gasteiger partial charge on any atom is 0.935 e. The summed E-state index contributed by atoms with van der Waals surface area (Å²) in [7, 11) is -2.71. The van der Waals surface area contributed by atoms with Gasteiger partial charge in [-0.3, -0.25) is 19.3 Å². The Bertz CT molecular complexity index is 2310. The summed E-state index contributed by atoms with van der Waals surface area (Å²) in [5.74, 6) is 0.538. The van der Waals surface area contributed by atoms with Gasteiger partial charge in [0.1, 0.15) is 23.1 Å². The van der Waals surface area contributed by atoms with Gasteiger partial charge in [0.2, 0.25) is 17.5 Å². The van der Waals surface area contributed by atoms with Gasteiger partial charge in [-0.1, -0.05) is 18.9 Å². The number of allylic oxidation sites excluding steroid dienone is 2. The number of piperidine rings is 1. The number of rotatable bonds is 18. The number of benzene rings is 1. The number of aromatic amines is 3. The number of halogens is 5. The molecule has 0 spiro atoms. The Morgan fingerprint density at radius 2 is 1.72 bits per heavy atom. The van der Waals surface area contributed by atoms with Crippen molar-refractivity contribution in [2.45, 2.75) is 76.7 Å². The smallest absolute Gasteiger partial charge is 0.490 e. The van der Waals surface area contributed by atoms with Crippen LogP contribution in [0.4, 0.5) is 27.5 Å². The molecule has 13 nitrogen and oxygen atoms in total. The van der Waals surface area contributed by atoms with Gasteiger partial charge >= 0.3 is 13.6 Å². The average Bonchev–Trinajstić information content (AvgIpc) is 4.06. The van der Waals surface area contributed by atoms with Crippen molar-refractivity contribution in [2.24, 2.45) is 0 Å². The lowest BCUT2D eigenvalue weighted by Crippen LogP contribution is -2.43. The van der Waals surface area contributed by atoms with E-state index >= 15 is 0 Å². The van der Waals surface area contributed by atoms with Crippen LogP contribution >= 0.6 is 0 Å². The number of carbonyl (C=O) groups excluding carboxylic acids is 2. The molecule has 0 bridgehead atoms. The number of unbranched alkanes of at least 4 members (excludes halogenated alkanes) is 3. The third-order valence-corrected chi connectivity index (χ3v) is 11.0. The molecule has 0 aliphatic carbocycles. The Labute approximate surface area is 349 Å². The number of fused-ring (bicyclic) bond motifs is 1. The fourth-order valence-corrected chi connectivity index (χ4v) is 7.91. The first-order chi connectivity index (χ1) is 29.4. The summed E-state index contributed by atoms with van der Waals surface area (Å²) in [5.41, 5.74) is 1.76. The van der Waals surface area contributed by atoms with Crippen LogP contribution in [0.1, 0.15) is 78.7 Å². The summed E-state index contributed by atoms with van der Waals surface area (Å²) in [6.45, 7) is 3.23. The molecule has 0 atom stereocenters. The Kier molecular flexibility index (Phi) is 13.9. The van der Waals surface area contributed by atoms with Crippen LogP contribution in [0.5, 0.6) is 5.75 Å². The molecule has 2 amide bonds. The highest BCUT2D eigenvalue weighted by molar-refractivity contribution is 6.36. The van der Waals surface area contributed by atoms with E-state index in [0.717, 1.165) is 66.0 Å². The number of H-pyrrole nitrogens is 3. The number of hydrogen-bond donors (Lipinski definition) is 5. The van der Waals surface area contributed by atoms with Crippen LogP contribution in [0.3, 0.4) is 0 Å². The molecule has 19 heteroatoms. The third kappa shape index (κ3) is 11.2. The average molecular weight is 849 g/mol. The number of anilines is 1. The van der Waals surface area contributed by atoms with Crippen LogP contribution in [-0.2, 0) is 35.3 Å². The quantitative estimate of drug-likeness (QED) is 0.0499. The molecule has 3 aliphatic rings. The SMILES string of the molecule is O=C(CCc1ccc(/C=C2/C=CC(c3ccc[nH]3)=[N+]2B(F)F)[nH]1)NCCCCCCNC(=O)CN1CCC(Oc2ccc3c(c2)CN(c2cn[nH]c(=O)c2C(F)(F)F)C3)CC1. The first kappa shape index (κ1) is 43.1. The Morgan fingerprint density at radius 3 is 2.44 bits per heavy atom. The van der Waals surface area contributed by atoms with Gasteiger partial charge in [-0.25, -0.2) is 18.2 Å². The van der Waals surface area contributed by atoms with Gasteiger partial charge in [0.15, 0.2) is 5.70 Å². The van der Waals surface area contributed by atoms with Gasteiger partial charge < -0.3 is 30.2 Å². The van der Waals surface area contributed by atoms with Crippen molar-refractivity contribution in [2.75, 3.05) is 37.6 Å². The number of alkyl halides is 3. The van der Waals surface area contributed by atoms with E-state index in [0.29, 0.717) is 74.1 Å². The van der Waals surface area contributed by atoms with Gasteiger partial charge in [-0.2, -0.15) is 18.3 Å². The molecule has 1 saturated heterocycles. The zero-order valence-corrected chi connectivity index (χ0v) is 33.5. The molecule has 4 aromatic rings. The molecular weight excluding hydrogens is 800 g/mol. The number of hydrogen-bond acceptors (Lipinski definition) is 7. The minimum absolute atomic E-state index is 0.0319. The molecule has 7 rings (SSSR count). The summed E-state index contributed by atoms with van der Waals surface area (Å²) in [6.07, 6.45) is 8.55. The molecule has 0 saturated carbocycles. The number of carbonyl (C=O) groups is 2. The minimum Gasteiger partial charge on any atom is -0.490 e. The Balaban J connectivity index is 0.723. The first-order valence-electron chi connectivity index (χ1n) is 20.5. The molecule has 6 heterocycles. The molecule has 322 valence electrons. The number of ether oxygens (including phenoxy) is 1. The van der Waals surface area contributed by atoms with Crippen LogP contribution in [-0.4, -0.2) is 93.3 Å². The Morgan fingerprint density at radius 1 is 0.967 bits per heavy atom. The fourth-order valence-electron chi connectivity index (χ4n) is 7.91. The highest BCUT2D eigenvalue weighted by Gasteiger charge is 2.43. The fraction of sp³-hybridized carbons (Fsp3) is 0.405. The summed E-state index contributed by atoms with van der Waals surface area (Å²) in [6, 6.07) is 12.7. The van der Waals surface area contributed by atoms with E-state index in [-0.39, 0.29) is 36.7 Å². The second kappa shape index (κ2) is 19.6. The molecule has 3 aromatic heterocycles. The van der Waals surface area contributed by atoms with E-state index < -0.39 is 24.7 Å². The molecular formula is C42H48BF5N9O4+. The summed E-state index contributed by atoms with van der Waals surface area (Å²) >= 11 is 0. The van der Waals surface area contributed by atoms with Gasteiger partial charge in [0.25, 0.3) is 5.56 Å². The zero-order chi connectivity index (χ0) is 42.9. The summed E-state index contributed by atoms with van der Waals surface area (Å²) in [5, 5.41) is 11.4. The molecule has 0 unspecified atom stereocenters. The van der Waals surface area contributed by atoms with E-state index in [2.05, 4.69) is 30.6 Å². The van der Waals surface area contributed by atoms with Crippen molar-refractivity contribution in [3.63, 3.8) is 0 Å². The van der Waals surface area contributed by atoms with Crippen molar-refractivity contribution in [3.8, 4) is 5.75 Å². The van der Waals surface area contributed by atoms with E-state index in [1.54, 1.807) is 36.6 Å². The molecule has 61 heavy (non-hydrogen) atoms. The number of amides is 2. The number of likely N-dealkylation sites (tertiary alicyclic amines) is 1. The largest absolute Gasteiger partial charge is 0.935 e. The van der Waals surface area contributed by atoms with E-state index in [9.17, 15) is 36.2 Å². The maximum absolute atomic E-state index is 13.9. The van der Waals surface area contributed by atoms with Crippen LogP contribution in [0.2, 0.25) is 0 Å². The van der Waals surface area contributed by atoms with Crippen molar-refractivity contribution in [1.82, 2.24) is 35.7 Å². The van der Waals surface area contributed by atoms with Crippen molar-refractivity contribution in [3.05, 3.63) is 117 Å². The van der Waals surface area contributed by atoms with Gasteiger partial charge in [-0.05, 0) is 79.6 Å². The lowest BCUT2D eigenvalue weighted by Gasteiger charge is -2.31. The van der Waals surface area contributed by atoms with Crippen molar-refractivity contribution < 1.29 is 40.6 Å². The molecule has 1 aromatic carbocycles. The second-order valence-electron chi connectivity index (χ2n) is 15.4. The predicted molar refractivity (Wildman–Crippen MR) is 220 cm³/mol. The number of aromatic nitrogens is 4. The van der Waals surface area contributed by atoms with Crippen LogP contribution in [0.15, 0.2) is 77.5 Å². The minimum atomic E-state index is -4.81. The number of aryl methyl sites for hydroxylation is 1. The van der Waals surface area contributed by atoms with Gasteiger partial charge in [-0.15, -0.1) is 0 Å². The highest BCUT2D eigenvalue weighted by atomic mass is 19.4. The number of nitrogens with zero attached hydrogens (tertiary/aromatic N) is 4. The maximum atomic E-state index is 13.9. The number of nitrogens with one attached hydrogen (secondary N) is 5. The lowest BCUT2D eigenvalue weighted by molar-refractivity contribution is -0.340. The van der Waals surface area contributed by atoms with E-state index in [1.807, 2.05) is 35.4 Å². The van der Waals surface area contributed by atoms with Crippen LogP contribution < -0.4 is 25.8 Å². The molecule has 1 fully saturated rings. The topological polar surface area (TPSA) is 154 Å². The van der Waals surface area contributed by atoms with Crippen LogP contribution in [0, 0.1) is 0 Å². The second-order valence-corrected chi connectivity index (χ2v) is 15.4. The van der Waals surface area contributed by atoms with E-state index in [4.69, 9.17) is 4.74 Å². The normalized spacial score (nSPS) is 16.4. The van der Waals surface area contributed by atoms with Crippen molar-refractivity contribution in [1.29, 1.82) is 0 Å². The first-order valence-corrected chi connectivity index (χ1v) is 20.5. The van der Waals surface area contributed by atoms with Crippen molar-refractivity contribution >= 4 is 36.7 Å². The highest BCUT2D eigenvalue weighted by Crippen LogP contribution is 2.38. The summed E-state index contributed by atoms with van der Waals surface area (Å²) < 4.78 is 75.9. The lowest BCUT2D eigenvalue weighted by atomic mass is 10.1. The van der Waals surface area contributed by atoms with Crippen LogP contribution in [0.25, 0.3) is 6.08 Å². The third-order valence-electron chi connectivity index (χ3n) is 11.0. The van der Waals surface area contributed by atoms with E-state index in [1.165, 1.54) is 4.90 Å². The molecule has 5 N–H and O–H groups in total. The molecule has 0 radical (unpaired) electrons. The zero-order valence-electron chi connectivity index (χ0n) is 33.5.